The zero-order chi connectivity index (χ0) is 18.1. The molecule has 0 aliphatic rings. The maximum absolute atomic E-state index is 12.9. The van der Waals surface area contributed by atoms with Gasteiger partial charge >= 0.3 is 0 Å². The fourth-order valence-corrected chi connectivity index (χ4v) is 3.73. The van der Waals surface area contributed by atoms with Crippen LogP contribution < -0.4 is 5.56 Å². The Morgan fingerprint density at radius 3 is 2.62 bits per heavy atom. The number of fused-ring (bicyclic) bond motifs is 1. The van der Waals surface area contributed by atoms with Gasteiger partial charge in [0, 0.05) is 21.3 Å². The monoisotopic (exact) mass is 425 g/mol. The van der Waals surface area contributed by atoms with Crippen molar-refractivity contribution in [2.75, 3.05) is 0 Å². The van der Waals surface area contributed by atoms with Gasteiger partial charge in [0.05, 0.1) is 11.9 Å². The Morgan fingerprint density at radius 1 is 1.04 bits per heavy atom. The molecule has 26 heavy (non-hydrogen) atoms. The largest absolute Gasteiger partial charge is 0.276 e. The number of hydrogen-bond acceptors (Lipinski definition) is 3. The van der Waals surface area contributed by atoms with Crippen molar-refractivity contribution in [1.82, 2.24) is 14.8 Å². The summed E-state index contributed by atoms with van der Waals surface area (Å²) in [4.78, 5) is 17.3. The van der Waals surface area contributed by atoms with Crippen LogP contribution in [0.5, 0.6) is 0 Å². The molecule has 0 saturated heterocycles. The van der Waals surface area contributed by atoms with Gasteiger partial charge in [0.15, 0.2) is 0 Å². The van der Waals surface area contributed by atoms with Crippen molar-refractivity contribution in [1.29, 1.82) is 0 Å². The fraction of sp³-hybridized carbons (Fsp3) is 0.0500. The number of nitrogens with zero attached hydrogens (tertiary/aromatic N) is 3. The summed E-state index contributed by atoms with van der Waals surface area (Å²) >= 11 is 9.67. The highest BCUT2D eigenvalue weighted by Crippen LogP contribution is 2.29. The van der Waals surface area contributed by atoms with E-state index in [4.69, 9.17) is 11.6 Å². The first-order valence-corrected chi connectivity index (χ1v) is 9.15. The number of aromatic nitrogens is 3. The first-order valence-electron chi connectivity index (χ1n) is 7.98. The molecule has 0 atom stereocenters. The van der Waals surface area contributed by atoms with Crippen LogP contribution in [-0.4, -0.2) is 14.8 Å². The standard InChI is InChI=1S/C20H13BrClN3O/c21-15-9-14(10-16(22)11-15)18-19-17(7-4-8-23-19)20(26)25(24-18)12-13-5-2-1-3-6-13/h1-11H,12H2. The predicted molar refractivity (Wildman–Crippen MR) is 107 cm³/mol. The Labute approximate surface area is 163 Å². The summed E-state index contributed by atoms with van der Waals surface area (Å²) in [6.45, 7) is 0.388. The molecular weight excluding hydrogens is 414 g/mol. The molecule has 4 nitrogen and oxygen atoms in total. The molecule has 0 spiro atoms. The van der Waals surface area contributed by atoms with Crippen LogP contribution in [-0.2, 0) is 6.54 Å². The Bertz CT molecular complexity index is 1140. The minimum atomic E-state index is -0.165. The molecule has 2 aromatic carbocycles. The molecule has 0 N–H and O–H groups in total. The van der Waals surface area contributed by atoms with Crippen LogP contribution in [0.3, 0.4) is 0 Å². The molecule has 0 fully saturated rings. The van der Waals surface area contributed by atoms with Gasteiger partial charge in [-0.15, -0.1) is 0 Å². The fourth-order valence-electron chi connectivity index (χ4n) is 2.87. The number of rotatable bonds is 3. The number of halogens is 2. The van der Waals surface area contributed by atoms with Crippen LogP contribution in [0, 0.1) is 0 Å². The van der Waals surface area contributed by atoms with E-state index in [1.165, 1.54) is 4.68 Å². The van der Waals surface area contributed by atoms with Crippen LogP contribution in [0.4, 0.5) is 0 Å². The van der Waals surface area contributed by atoms with Gasteiger partial charge in [-0.2, -0.15) is 5.10 Å². The van der Waals surface area contributed by atoms with Crippen LogP contribution in [0.15, 0.2) is 76.1 Å². The third-order valence-corrected chi connectivity index (χ3v) is 4.70. The van der Waals surface area contributed by atoms with E-state index in [1.807, 2.05) is 42.5 Å². The average molecular weight is 427 g/mol. The number of hydrogen-bond donors (Lipinski definition) is 0. The molecule has 0 radical (unpaired) electrons. The minimum absolute atomic E-state index is 0.165. The molecule has 0 aliphatic carbocycles. The molecule has 0 aliphatic heterocycles. The van der Waals surface area contributed by atoms with Crippen molar-refractivity contribution in [2.24, 2.45) is 0 Å². The van der Waals surface area contributed by atoms with E-state index in [2.05, 4.69) is 26.0 Å². The highest BCUT2D eigenvalue weighted by molar-refractivity contribution is 9.10. The molecule has 0 amide bonds. The second-order valence-corrected chi connectivity index (χ2v) is 7.21. The average Bonchev–Trinajstić information content (AvgIpc) is 2.64. The van der Waals surface area contributed by atoms with E-state index in [0.29, 0.717) is 28.2 Å². The van der Waals surface area contributed by atoms with E-state index in [1.54, 1.807) is 24.4 Å². The Morgan fingerprint density at radius 2 is 1.85 bits per heavy atom. The SMILES string of the molecule is O=c1c2cccnc2c(-c2cc(Cl)cc(Br)c2)nn1Cc1ccccc1. The van der Waals surface area contributed by atoms with Crippen molar-refractivity contribution in [2.45, 2.75) is 6.54 Å². The highest BCUT2D eigenvalue weighted by atomic mass is 79.9. The molecule has 128 valence electrons. The lowest BCUT2D eigenvalue weighted by Crippen LogP contribution is -2.24. The van der Waals surface area contributed by atoms with Gasteiger partial charge in [-0.05, 0) is 35.9 Å². The molecular formula is C20H13BrClN3O. The van der Waals surface area contributed by atoms with Gasteiger partial charge in [-0.3, -0.25) is 9.78 Å². The van der Waals surface area contributed by atoms with Gasteiger partial charge in [0.25, 0.3) is 5.56 Å². The van der Waals surface area contributed by atoms with Gasteiger partial charge < -0.3 is 0 Å². The smallest absolute Gasteiger partial charge is 0.267 e. The molecule has 0 unspecified atom stereocenters. The maximum Gasteiger partial charge on any atom is 0.276 e. The molecule has 2 aromatic heterocycles. The van der Waals surface area contributed by atoms with Gasteiger partial charge in [0.1, 0.15) is 11.2 Å². The molecule has 4 aromatic rings. The van der Waals surface area contributed by atoms with Crippen molar-refractivity contribution in [3.63, 3.8) is 0 Å². The summed E-state index contributed by atoms with van der Waals surface area (Å²) in [7, 11) is 0. The highest BCUT2D eigenvalue weighted by Gasteiger charge is 2.14. The minimum Gasteiger partial charge on any atom is -0.267 e. The molecule has 4 rings (SSSR count). The van der Waals surface area contributed by atoms with Gasteiger partial charge in [0.2, 0.25) is 0 Å². The van der Waals surface area contributed by atoms with E-state index in [0.717, 1.165) is 15.6 Å². The van der Waals surface area contributed by atoms with E-state index < -0.39 is 0 Å². The maximum atomic E-state index is 12.9. The van der Waals surface area contributed by atoms with Crippen molar-refractivity contribution < 1.29 is 0 Å². The summed E-state index contributed by atoms with van der Waals surface area (Å²) in [6, 6.07) is 18.8. The Balaban J connectivity index is 1.97. The van der Waals surface area contributed by atoms with E-state index in [9.17, 15) is 4.79 Å². The normalized spacial score (nSPS) is 11.0. The number of pyridine rings is 1. The molecule has 0 bridgehead atoms. The first-order chi connectivity index (χ1) is 12.6. The van der Waals surface area contributed by atoms with Crippen LogP contribution in [0.1, 0.15) is 5.56 Å². The first kappa shape index (κ1) is 16.9. The third kappa shape index (κ3) is 3.28. The van der Waals surface area contributed by atoms with Crippen LogP contribution in [0.2, 0.25) is 5.02 Å². The second-order valence-electron chi connectivity index (χ2n) is 5.85. The van der Waals surface area contributed by atoms with Crippen LogP contribution >= 0.6 is 27.5 Å². The quantitative estimate of drug-likeness (QED) is 0.467. The summed E-state index contributed by atoms with van der Waals surface area (Å²) < 4.78 is 2.32. The second kappa shape index (κ2) is 7.02. The van der Waals surface area contributed by atoms with E-state index in [-0.39, 0.29) is 5.56 Å². The predicted octanol–water partition coefficient (Wildman–Crippen LogP) is 4.92. The lowest BCUT2D eigenvalue weighted by atomic mass is 10.1. The van der Waals surface area contributed by atoms with Gasteiger partial charge in [-0.1, -0.05) is 57.9 Å². The molecule has 6 heteroatoms. The molecule has 0 saturated carbocycles. The number of benzene rings is 2. The topological polar surface area (TPSA) is 47.8 Å². The third-order valence-electron chi connectivity index (χ3n) is 4.03. The van der Waals surface area contributed by atoms with E-state index >= 15 is 0 Å². The van der Waals surface area contributed by atoms with Gasteiger partial charge in [-0.25, -0.2) is 4.68 Å². The van der Waals surface area contributed by atoms with Crippen molar-refractivity contribution >= 4 is 38.4 Å². The van der Waals surface area contributed by atoms with Crippen molar-refractivity contribution in [3.8, 4) is 11.3 Å². The summed E-state index contributed by atoms with van der Waals surface area (Å²) in [6.07, 6.45) is 1.66. The Hall–Kier alpha value is -2.50. The zero-order valence-electron chi connectivity index (χ0n) is 13.6. The zero-order valence-corrected chi connectivity index (χ0v) is 15.9. The lowest BCUT2D eigenvalue weighted by molar-refractivity contribution is 0.650. The lowest BCUT2D eigenvalue weighted by Gasteiger charge is -2.11. The summed E-state index contributed by atoms with van der Waals surface area (Å²) in [5, 5.41) is 5.73. The van der Waals surface area contributed by atoms with Crippen LogP contribution in [0.25, 0.3) is 22.2 Å². The summed E-state index contributed by atoms with van der Waals surface area (Å²) in [5.74, 6) is 0. The molecule has 2 heterocycles. The summed E-state index contributed by atoms with van der Waals surface area (Å²) in [5.41, 5.74) is 2.83. The Kier molecular flexibility index (Phi) is 4.57. The van der Waals surface area contributed by atoms with Crippen molar-refractivity contribution in [3.05, 3.63) is 92.3 Å².